The van der Waals surface area contributed by atoms with Crippen molar-refractivity contribution in [1.82, 2.24) is 9.47 Å². The maximum Gasteiger partial charge on any atom is 0.271 e. The quantitative estimate of drug-likeness (QED) is 0.470. The van der Waals surface area contributed by atoms with Crippen molar-refractivity contribution in [3.63, 3.8) is 0 Å². The standard InChI is InChI=1S/C27H28ClN3O4S/c1-6-30(7-2)26(33)23-16(3)29-27-31(24(23)17-8-11-19(28)12-9-17)25(32)22(36-27)14-18-10-13-20(34-4)15-21(18)35-5/h8-15,24H,6-7H2,1-5H3/b22-14+/t24-/m0/s1. The lowest BCUT2D eigenvalue weighted by Gasteiger charge is -2.29. The Bertz CT molecular complexity index is 1500. The third-order valence-corrected chi connectivity index (χ3v) is 7.45. The van der Waals surface area contributed by atoms with E-state index < -0.39 is 6.04 Å². The number of halogens is 1. The topological polar surface area (TPSA) is 73.1 Å². The van der Waals surface area contributed by atoms with Crippen LogP contribution in [0.4, 0.5) is 0 Å². The van der Waals surface area contributed by atoms with E-state index in [-0.39, 0.29) is 11.5 Å². The minimum Gasteiger partial charge on any atom is -0.497 e. The zero-order chi connectivity index (χ0) is 26.0. The van der Waals surface area contributed by atoms with Gasteiger partial charge in [0.2, 0.25) is 0 Å². The van der Waals surface area contributed by atoms with Gasteiger partial charge >= 0.3 is 0 Å². The van der Waals surface area contributed by atoms with Crippen LogP contribution >= 0.6 is 22.9 Å². The number of rotatable bonds is 7. The second-order valence-electron chi connectivity index (χ2n) is 8.22. The van der Waals surface area contributed by atoms with E-state index in [1.807, 2.05) is 45.0 Å². The molecule has 4 rings (SSSR count). The van der Waals surface area contributed by atoms with Crippen molar-refractivity contribution < 1.29 is 14.3 Å². The Kier molecular flexibility index (Phi) is 7.66. The number of carbonyl (C=O) groups is 1. The van der Waals surface area contributed by atoms with Crippen molar-refractivity contribution in [3.8, 4) is 11.5 Å². The first-order valence-corrected chi connectivity index (χ1v) is 12.8. The number of ether oxygens (including phenoxy) is 2. The van der Waals surface area contributed by atoms with E-state index in [4.69, 9.17) is 26.1 Å². The number of nitrogens with zero attached hydrogens (tertiary/aromatic N) is 3. The largest absolute Gasteiger partial charge is 0.497 e. The predicted octanol–water partition coefficient (Wildman–Crippen LogP) is 3.77. The number of amides is 1. The molecule has 0 spiro atoms. The minimum absolute atomic E-state index is 0.132. The van der Waals surface area contributed by atoms with E-state index >= 15 is 0 Å². The van der Waals surface area contributed by atoms with E-state index in [0.717, 1.165) is 11.1 Å². The number of hydrogen-bond acceptors (Lipinski definition) is 6. The SMILES string of the molecule is CCN(CC)C(=O)C1=C(C)N=c2s/c(=C/c3ccc(OC)cc3OC)c(=O)n2[C@H]1c1ccc(Cl)cc1. The molecule has 2 heterocycles. The number of allylic oxidation sites excluding steroid dienone is 1. The van der Waals surface area contributed by atoms with Crippen LogP contribution in [0.1, 0.15) is 37.9 Å². The lowest BCUT2D eigenvalue weighted by atomic mass is 9.94. The van der Waals surface area contributed by atoms with Crippen molar-refractivity contribution in [2.24, 2.45) is 4.99 Å². The zero-order valence-electron chi connectivity index (χ0n) is 20.9. The van der Waals surface area contributed by atoms with Crippen LogP contribution in [-0.4, -0.2) is 42.7 Å². The summed E-state index contributed by atoms with van der Waals surface area (Å²) in [6.07, 6.45) is 1.78. The molecule has 0 bridgehead atoms. The average Bonchev–Trinajstić information content (AvgIpc) is 3.18. The summed E-state index contributed by atoms with van der Waals surface area (Å²) in [5, 5.41) is 0.579. The van der Waals surface area contributed by atoms with Gasteiger partial charge in [-0.15, -0.1) is 0 Å². The molecular formula is C27H28ClN3O4S. The Labute approximate surface area is 218 Å². The van der Waals surface area contributed by atoms with Gasteiger partial charge in [-0.1, -0.05) is 35.1 Å². The number of aromatic nitrogens is 1. The second kappa shape index (κ2) is 10.7. The second-order valence-corrected chi connectivity index (χ2v) is 9.66. The molecule has 1 amide bonds. The summed E-state index contributed by atoms with van der Waals surface area (Å²) < 4.78 is 12.9. The molecule has 7 nitrogen and oxygen atoms in total. The Hall–Kier alpha value is -3.36. The van der Waals surface area contributed by atoms with Crippen LogP contribution in [0.2, 0.25) is 5.02 Å². The maximum atomic E-state index is 13.8. The molecule has 2 aromatic carbocycles. The van der Waals surface area contributed by atoms with Gasteiger partial charge in [-0.05, 0) is 56.7 Å². The van der Waals surface area contributed by atoms with Crippen LogP contribution in [-0.2, 0) is 4.79 Å². The first-order valence-electron chi connectivity index (χ1n) is 11.6. The number of benzene rings is 2. The van der Waals surface area contributed by atoms with Crippen molar-refractivity contribution in [3.05, 3.63) is 89.6 Å². The van der Waals surface area contributed by atoms with E-state index in [1.165, 1.54) is 11.3 Å². The van der Waals surface area contributed by atoms with Crippen LogP contribution in [0.25, 0.3) is 6.08 Å². The van der Waals surface area contributed by atoms with Gasteiger partial charge in [0.25, 0.3) is 11.5 Å². The molecule has 1 aromatic heterocycles. The average molecular weight is 526 g/mol. The fraction of sp³-hybridized carbons (Fsp3) is 0.296. The summed E-state index contributed by atoms with van der Waals surface area (Å²) in [5.41, 5.74) is 2.39. The molecule has 3 aromatic rings. The van der Waals surface area contributed by atoms with Crippen LogP contribution in [0.3, 0.4) is 0 Å². The highest BCUT2D eigenvalue weighted by molar-refractivity contribution is 7.07. The third-order valence-electron chi connectivity index (χ3n) is 6.22. The molecule has 0 radical (unpaired) electrons. The van der Waals surface area contributed by atoms with Crippen molar-refractivity contribution in [2.45, 2.75) is 26.8 Å². The van der Waals surface area contributed by atoms with Gasteiger partial charge in [0, 0.05) is 29.7 Å². The van der Waals surface area contributed by atoms with Gasteiger partial charge in [-0.25, -0.2) is 4.99 Å². The fourth-order valence-corrected chi connectivity index (χ4v) is 5.48. The van der Waals surface area contributed by atoms with E-state index in [1.54, 1.807) is 48.0 Å². The number of hydrogen-bond donors (Lipinski definition) is 0. The normalized spacial score (nSPS) is 15.4. The minimum atomic E-state index is -0.619. The molecule has 9 heteroatoms. The van der Waals surface area contributed by atoms with Gasteiger partial charge in [-0.3, -0.25) is 14.2 Å². The molecule has 0 saturated carbocycles. The van der Waals surface area contributed by atoms with Gasteiger partial charge in [-0.2, -0.15) is 0 Å². The maximum absolute atomic E-state index is 13.8. The third kappa shape index (κ3) is 4.70. The number of methoxy groups -OCH3 is 2. The number of carbonyl (C=O) groups excluding carboxylic acids is 1. The summed E-state index contributed by atoms with van der Waals surface area (Å²) in [7, 11) is 3.16. The molecule has 0 saturated heterocycles. The van der Waals surface area contributed by atoms with Crippen molar-refractivity contribution in [2.75, 3.05) is 27.3 Å². The first-order chi connectivity index (χ1) is 17.3. The molecule has 0 fully saturated rings. The predicted molar refractivity (Wildman–Crippen MR) is 143 cm³/mol. The molecule has 188 valence electrons. The summed E-state index contributed by atoms with van der Waals surface area (Å²) in [6, 6.07) is 12.0. The Balaban J connectivity index is 1.95. The van der Waals surface area contributed by atoms with Gasteiger partial charge in [0.1, 0.15) is 11.5 Å². The van der Waals surface area contributed by atoms with Crippen LogP contribution in [0.15, 0.2) is 63.5 Å². The van der Waals surface area contributed by atoms with E-state index in [9.17, 15) is 9.59 Å². The molecule has 0 N–H and O–H groups in total. The molecule has 0 unspecified atom stereocenters. The molecule has 0 aliphatic carbocycles. The molecule has 1 atom stereocenters. The highest BCUT2D eigenvalue weighted by Crippen LogP contribution is 2.32. The Morgan fingerprint density at radius 2 is 1.83 bits per heavy atom. The fourth-order valence-electron chi connectivity index (χ4n) is 4.32. The Morgan fingerprint density at radius 3 is 2.44 bits per heavy atom. The highest BCUT2D eigenvalue weighted by atomic mass is 35.5. The van der Waals surface area contributed by atoms with Gasteiger partial charge < -0.3 is 14.4 Å². The van der Waals surface area contributed by atoms with Crippen LogP contribution in [0, 0.1) is 0 Å². The highest BCUT2D eigenvalue weighted by Gasteiger charge is 2.34. The smallest absolute Gasteiger partial charge is 0.271 e. The lowest BCUT2D eigenvalue weighted by molar-refractivity contribution is -0.127. The number of thiazole rings is 1. The number of fused-ring (bicyclic) bond motifs is 1. The molecule has 1 aliphatic heterocycles. The van der Waals surface area contributed by atoms with E-state index in [0.29, 0.717) is 50.2 Å². The zero-order valence-corrected chi connectivity index (χ0v) is 22.4. The van der Waals surface area contributed by atoms with Crippen LogP contribution < -0.4 is 24.4 Å². The van der Waals surface area contributed by atoms with Crippen molar-refractivity contribution in [1.29, 1.82) is 0 Å². The van der Waals surface area contributed by atoms with Crippen LogP contribution in [0.5, 0.6) is 11.5 Å². The van der Waals surface area contributed by atoms with E-state index in [2.05, 4.69) is 0 Å². The molecule has 36 heavy (non-hydrogen) atoms. The molecule has 1 aliphatic rings. The summed E-state index contributed by atoms with van der Waals surface area (Å²) >= 11 is 7.43. The first kappa shape index (κ1) is 25.7. The van der Waals surface area contributed by atoms with Crippen molar-refractivity contribution >= 4 is 34.9 Å². The van der Waals surface area contributed by atoms with Gasteiger partial charge in [0.15, 0.2) is 4.80 Å². The van der Waals surface area contributed by atoms with Gasteiger partial charge in [0.05, 0.1) is 36.1 Å². The summed E-state index contributed by atoms with van der Waals surface area (Å²) in [6.45, 7) is 6.81. The summed E-state index contributed by atoms with van der Waals surface area (Å²) in [5.74, 6) is 1.11. The number of likely N-dealkylation sites (N-methyl/N-ethyl adjacent to an activating group) is 1. The lowest BCUT2D eigenvalue weighted by Crippen LogP contribution is -2.43. The Morgan fingerprint density at radius 1 is 1.14 bits per heavy atom. The monoisotopic (exact) mass is 525 g/mol. The molecular weight excluding hydrogens is 498 g/mol. The summed E-state index contributed by atoms with van der Waals surface area (Å²) in [4.78, 5) is 34.4.